The van der Waals surface area contributed by atoms with Crippen molar-refractivity contribution in [3.63, 3.8) is 0 Å². The van der Waals surface area contributed by atoms with E-state index in [2.05, 4.69) is 24.0 Å². The molecule has 0 fully saturated rings. The van der Waals surface area contributed by atoms with Gasteiger partial charge in [0.2, 0.25) is 0 Å². The Morgan fingerprint density at radius 2 is 2.04 bits per heavy atom. The Labute approximate surface area is 162 Å². The van der Waals surface area contributed by atoms with Gasteiger partial charge in [-0.05, 0) is 87.6 Å². The van der Waals surface area contributed by atoms with E-state index in [0.29, 0.717) is 12.5 Å². The zero-order valence-corrected chi connectivity index (χ0v) is 16.5. The van der Waals surface area contributed by atoms with E-state index in [9.17, 15) is 0 Å². The molecule has 0 amide bonds. The summed E-state index contributed by atoms with van der Waals surface area (Å²) in [7, 11) is 0. The summed E-state index contributed by atoms with van der Waals surface area (Å²) in [6.07, 6.45) is 3.30. The first-order chi connectivity index (χ1) is 12.8. The van der Waals surface area contributed by atoms with Crippen molar-refractivity contribution < 1.29 is 9.47 Å². The highest BCUT2D eigenvalue weighted by molar-refractivity contribution is 5.42. The van der Waals surface area contributed by atoms with Gasteiger partial charge in [-0.3, -0.25) is 0 Å². The topological polar surface area (TPSA) is 56.5 Å². The molecule has 144 valence electrons. The van der Waals surface area contributed by atoms with Crippen LogP contribution in [0.5, 0.6) is 5.75 Å². The minimum absolute atomic E-state index is 0.194. The molecule has 1 unspecified atom stereocenters. The number of fused-ring (bicyclic) bond motifs is 1. The van der Waals surface area contributed by atoms with Crippen LogP contribution in [0, 0.1) is 0 Å². The van der Waals surface area contributed by atoms with E-state index in [4.69, 9.17) is 15.2 Å². The van der Waals surface area contributed by atoms with Gasteiger partial charge in [0, 0.05) is 5.69 Å². The molecule has 3 N–H and O–H groups in total. The van der Waals surface area contributed by atoms with Crippen LogP contribution in [0.1, 0.15) is 56.3 Å². The first-order valence-electron chi connectivity index (χ1n) is 9.55. The van der Waals surface area contributed by atoms with Gasteiger partial charge in [0.05, 0.1) is 6.04 Å². The molecule has 0 saturated heterocycles. The predicted molar refractivity (Wildman–Crippen MR) is 110 cm³/mol. The second-order valence-electron chi connectivity index (χ2n) is 8.12. The normalized spacial score (nSPS) is 16.3. The summed E-state index contributed by atoms with van der Waals surface area (Å²) in [6, 6.07) is 14.3. The fraction of sp³-hybridized carbons (Fsp3) is 0.391. The number of hydrogen-bond donors (Lipinski definition) is 2. The SMILES string of the molecule is C=C(NC1CCCc2ccc(OCc3cccc(N)c3)cc21)OC(C)(C)C. The van der Waals surface area contributed by atoms with Gasteiger partial charge in [-0.25, -0.2) is 0 Å². The third kappa shape index (κ3) is 5.43. The molecular formula is C23H30N2O2. The Morgan fingerprint density at radius 3 is 2.78 bits per heavy atom. The van der Waals surface area contributed by atoms with Crippen LogP contribution in [-0.4, -0.2) is 5.60 Å². The van der Waals surface area contributed by atoms with Crippen LogP contribution >= 0.6 is 0 Å². The Balaban J connectivity index is 1.70. The first kappa shape index (κ1) is 19.2. The van der Waals surface area contributed by atoms with Gasteiger partial charge < -0.3 is 20.5 Å². The van der Waals surface area contributed by atoms with E-state index < -0.39 is 0 Å². The highest BCUT2D eigenvalue weighted by Gasteiger charge is 2.23. The van der Waals surface area contributed by atoms with Crippen molar-refractivity contribution in [3.8, 4) is 5.75 Å². The zero-order valence-electron chi connectivity index (χ0n) is 16.5. The largest absolute Gasteiger partial charge is 0.489 e. The molecule has 0 radical (unpaired) electrons. The lowest BCUT2D eigenvalue weighted by atomic mass is 9.87. The van der Waals surface area contributed by atoms with Gasteiger partial charge in [0.25, 0.3) is 0 Å². The fourth-order valence-corrected chi connectivity index (χ4v) is 3.46. The molecule has 1 aliphatic carbocycles. The number of nitrogen functional groups attached to an aromatic ring is 1. The molecule has 0 saturated carbocycles. The molecule has 0 spiro atoms. The number of nitrogens with one attached hydrogen (secondary N) is 1. The van der Waals surface area contributed by atoms with Crippen molar-refractivity contribution in [1.29, 1.82) is 0 Å². The summed E-state index contributed by atoms with van der Waals surface area (Å²) in [5, 5.41) is 3.45. The minimum Gasteiger partial charge on any atom is -0.489 e. The lowest BCUT2D eigenvalue weighted by Crippen LogP contribution is -2.30. The second-order valence-corrected chi connectivity index (χ2v) is 8.12. The third-order valence-electron chi connectivity index (χ3n) is 4.55. The van der Waals surface area contributed by atoms with Crippen LogP contribution in [0.15, 0.2) is 54.9 Å². The molecule has 27 heavy (non-hydrogen) atoms. The molecule has 1 aliphatic rings. The molecule has 4 nitrogen and oxygen atoms in total. The van der Waals surface area contributed by atoms with Gasteiger partial charge in [-0.1, -0.05) is 18.2 Å². The van der Waals surface area contributed by atoms with Crippen molar-refractivity contribution >= 4 is 5.69 Å². The Hall–Kier alpha value is -2.62. The number of rotatable bonds is 6. The van der Waals surface area contributed by atoms with Crippen LogP contribution < -0.4 is 15.8 Å². The highest BCUT2D eigenvalue weighted by atomic mass is 16.5. The fourth-order valence-electron chi connectivity index (χ4n) is 3.46. The first-order valence-corrected chi connectivity index (χ1v) is 9.55. The maximum Gasteiger partial charge on any atom is 0.180 e. The highest BCUT2D eigenvalue weighted by Crippen LogP contribution is 2.33. The summed E-state index contributed by atoms with van der Waals surface area (Å²) in [5.74, 6) is 1.48. The Kier molecular flexibility index (Phi) is 5.64. The Bertz CT molecular complexity index is 808. The zero-order chi connectivity index (χ0) is 19.4. The molecule has 0 aliphatic heterocycles. The average molecular weight is 367 g/mol. The van der Waals surface area contributed by atoms with Gasteiger partial charge in [0.15, 0.2) is 5.88 Å². The minimum atomic E-state index is -0.260. The second kappa shape index (κ2) is 7.95. The summed E-state index contributed by atoms with van der Waals surface area (Å²) < 4.78 is 11.9. The maximum absolute atomic E-state index is 6.01. The van der Waals surface area contributed by atoms with Gasteiger partial charge in [0.1, 0.15) is 18.0 Å². The number of aryl methyl sites for hydroxylation is 1. The van der Waals surface area contributed by atoms with Crippen LogP contribution in [0.3, 0.4) is 0 Å². The summed E-state index contributed by atoms with van der Waals surface area (Å²) in [6.45, 7) is 10.6. The molecule has 3 rings (SSSR count). The number of nitrogens with two attached hydrogens (primary N) is 1. The van der Waals surface area contributed by atoms with Gasteiger partial charge in [-0.15, -0.1) is 0 Å². The quantitative estimate of drug-likeness (QED) is 0.551. The van der Waals surface area contributed by atoms with E-state index in [1.165, 1.54) is 11.1 Å². The molecule has 0 bridgehead atoms. The van der Waals surface area contributed by atoms with Crippen LogP contribution in [0.2, 0.25) is 0 Å². The van der Waals surface area contributed by atoms with Crippen LogP contribution in [-0.2, 0) is 17.8 Å². The smallest absolute Gasteiger partial charge is 0.180 e. The lowest BCUT2D eigenvalue weighted by molar-refractivity contribution is 0.0376. The number of ether oxygens (including phenoxy) is 2. The summed E-state index contributed by atoms with van der Waals surface area (Å²) in [4.78, 5) is 0. The molecule has 2 aromatic carbocycles. The average Bonchev–Trinajstić information content (AvgIpc) is 2.59. The standard InChI is InChI=1S/C23H30N2O2/c1-16(27-23(2,3)4)25-22-10-6-8-18-11-12-20(14-21(18)22)26-15-17-7-5-9-19(24)13-17/h5,7,9,11-14,22,25H,1,6,8,10,15,24H2,2-4H3. The number of hydrogen-bond acceptors (Lipinski definition) is 4. The van der Waals surface area contributed by atoms with Gasteiger partial charge in [-0.2, -0.15) is 0 Å². The molecular weight excluding hydrogens is 336 g/mol. The van der Waals surface area contributed by atoms with E-state index >= 15 is 0 Å². The third-order valence-corrected chi connectivity index (χ3v) is 4.55. The van der Waals surface area contributed by atoms with Crippen molar-refractivity contribution in [1.82, 2.24) is 5.32 Å². The Morgan fingerprint density at radius 1 is 1.22 bits per heavy atom. The van der Waals surface area contributed by atoms with Crippen molar-refractivity contribution in [2.45, 2.75) is 58.3 Å². The molecule has 1 atom stereocenters. The molecule has 0 heterocycles. The monoisotopic (exact) mass is 366 g/mol. The maximum atomic E-state index is 6.01. The number of anilines is 1. The van der Waals surface area contributed by atoms with E-state index in [0.717, 1.165) is 36.3 Å². The van der Waals surface area contributed by atoms with Crippen molar-refractivity contribution in [2.24, 2.45) is 0 Å². The summed E-state index contributed by atoms with van der Waals surface area (Å²) >= 11 is 0. The molecule has 2 aromatic rings. The van der Waals surface area contributed by atoms with Crippen LogP contribution in [0.25, 0.3) is 0 Å². The molecule has 0 aromatic heterocycles. The van der Waals surface area contributed by atoms with E-state index in [-0.39, 0.29) is 11.6 Å². The number of benzene rings is 2. The van der Waals surface area contributed by atoms with E-state index in [1.807, 2.05) is 51.1 Å². The molecule has 4 heteroatoms. The van der Waals surface area contributed by atoms with E-state index in [1.54, 1.807) is 0 Å². The van der Waals surface area contributed by atoms with Crippen molar-refractivity contribution in [3.05, 3.63) is 71.6 Å². The predicted octanol–water partition coefficient (Wildman–Crippen LogP) is 5.10. The lowest BCUT2D eigenvalue weighted by Gasteiger charge is -2.31. The van der Waals surface area contributed by atoms with Gasteiger partial charge >= 0.3 is 0 Å². The van der Waals surface area contributed by atoms with Crippen LogP contribution in [0.4, 0.5) is 5.69 Å². The van der Waals surface area contributed by atoms with Crippen molar-refractivity contribution in [2.75, 3.05) is 5.73 Å². The summed E-state index contributed by atoms with van der Waals surface area (Å²) in [5.41, 5.74) is 10.0.